The molecule has 4 aromatic heterocycles. The first-order valence-corrected chi connectivity index (χ1v) is 12.9. The van der Waals surface area contributed by atoms with Crippen molar-refractivity contribution >= 4 is 33.6 Å². The molecule has 0 bridgehead atoms. The molecule has 9 nitrogen and oxygen atoms in total. The zero-order valence-electron chi connectivity index (χ0n) is 21.1. The zero-order valence-corrected chi connectivity index (χ0v) is 21.9. The van der Waals surface area contributed by atoms with E-state index in [9.17, 15) is 19.6 Å². The fraction of sp³-hybridized carbons (Fsp3) is 0.179. The number of thiazole rings is 1. The number of hydrogen-bond donors (Lipinski definition) is 3. The number of alkyl halides is 1. The van der Waals surface area contributed by atoms with Gasteiger partial charge in [-0.2, -0.15) is 10.4 Å². The van der Waals surface area contributed by atoms with E-state index in [1.54, 1.807) is 16.6 Å². The first-order chi connectivity index (χ1) is 18.7. The van der Waals surface area contributed by atoms with Crippen LogP contribution in [0.3, 0.4) is 0 Å². The van der Waals surface area contributed by atoms with E-state index in [0.29, 0.717) is 27.8 Å². The minimum atomic E-state index is -1.66. The van der Waals surface area contributed by atoms with Crippen LogP contribution in [0.25, 0.3) is 28.2 Å². The third-order valence-electron chi connectivity index (χ3n) is 6.06. The summed E-state index contributed by atoms with van der Waals surface area (Å²) in [5.74, 6) is -0.555. The molecule has 39 heavy (non-hydrogen) atoms. The quantitative estimate of drug-likeness (QED) is 0.253. The Labute approximate surface area is 227 Å². The van der Waals surface area contributed by atoms with Gasteiger partial charge in [-0.1, -0.05) is 30.3 Å². The summed E-state index contributed by atoms with van der Waals surface area (Å²) in [6, 6.07) is 18.8. The van der Waals surface area contributed by atoms with E-state index >= 15 is 0 Å². The van der Waals surface area contributed by atoms with Gasteiger partial charge in [-0.15, -0.1) is 11.3 Å². The van der Waals surface area contributed by atoms with Crippen molar-refractivity contribution in [2.45, 2.75) is 25.6 Å². The van der Waals surface area contributed by atoms with Crippen molar-refractivity contribution in [2.75, 3.05) is 11.9 Å². The zero-order chi connectivity index (χ0) is 27.6. The Balaban J connectivity index is 1.50. The molecule has 0 fully saturated rings. The molecule has 5 rings (SSSR count). The molecule has 3 N–H and O–H groups in total. The molecule has 1 aromatic carbocycles. The first kappa shape index (κ1) is 26.0. The maximum absolute atomic E-state index is 14.3. The highest BCUT2D eigenvalue weighted by Crippen LogP contribution is 2.31. The maximum Gasteiger partial charge on any atom is 0.255 e. The van der Waals surface area contributed by atoms with Crippen LogP contribution in [-0.4, -0.2) is 48.9 Å². The number of amides is 1. The average molecular weight is 542 g/mol. The molecule has 4 heterocycles. The van der Waals surface area contributed by atoms with Gasteiger partial charge in [-0.3, -0.25) is 9.78 Å². The van der Waals surface area contributed by atoms with Gasteiger partial charge in [0.25, 0.3) is 5.91 Å². The van der Waals surface area contributed by atoms with Crippen LogP contribution in [0.2, 0.25) is 0 Å². The lowest BCUT2D eigenvalue weighted by molar-refractivity contribution is -0.00177. The molecule has 5 aromatic rings. The second-order valence-electron chi connectivity index (χ2n) is 9.39. The number of rotatable bonds is 8. The molecule has 0 aliphatic rings. The third-order valence-corrected chi connectivity index (χ3v) is 6.82. The molecule has 0 aliphatic carbocycles. The molecule has 0 unspecified atom stereocenters. The molecular weight excluding hydrogens is 517 g/mol. The SMILES string of the molecule is CC(C)(O)[C@H](F)CNC(=O)c1cnc(-c2ccc3cc(C#N)cnn23)cc1Nc1nc(-c2ccccc2)cs1. The smallest absolute Gasteiger partial charge is 0.255 e. The number of halogens is 1. The monoisotopic (exact) mass is 541 g/mol. The summed E-state index contributed by atoms with van der Waals surface area (Å²) in [4.78, 5) is 22.2. The number of aromatic nitrogens is 4. The maximum atomic E-state index is 14.3. The number of aliphatic hydroxyl groups is 1. The van der Waals surface area contributed by atoms with E-state index < -0.39 is 17.7 Å². The molecule has 0 aliphatic heterocycles. The lowest BCUT2D eigenvalue weighted by atomic mass is 10.0. The van der Waals surface area contributed by atoms with Crippen molar-refractivity contribution in [2.24, 2.45) is 0 Å². The summed E-state index contributed by atoms with van der Waals surface area (Å²) in [6.07, 6.45) is 1.21. The number of carbonyl (C=O) groups is 1. The van der Waals surface area contributed by atoms with E-state index in [1.807, 2.05) is 47.8 Å². The molecule has 1 amide bonds. The van der Waals surface area contributed by atoms with E-state index in [-0.39, 0.29) is 12.1 Å². The topological polar surface area (TPSA) is 128 Å². The Kier molecular flexibility index (Phi) is 7.06. The molecule has 196 valence electrons. The number of nitriles is 1. The highest BCUT2D eigenvalue weighted by molar-refractivity contribution is 7.14. The molecular formula is C28H24FN7O2S. The summed E-state index contributed by atoms with van der Waals surface area (Å²) in [7, 11) is 0. The van der Waals surface area contributed by atoms with Gasteiger partial charge in [0.05, 0.1) is 57.8 Å². The van der Waals surface area contributed by atoms with Gasteiger partial charge in [-0.05, 0) is 38.1 Å². The number of nitrogens with zero attached hydrogens (tertiary/aromatic N) is 5. The third kappa shape index (κ3) is 5.62. The number of carbonyl (C=O) groups excluding carboxylic acids is 1. The molecule has 1 atom stereocenters. The van der Waals surface area contributed by atoms with E-state index in [0.717, 1.165) is 16.8 Å². The first-order valence-electron chi connectivity index (χ1n) is 12.0. The summed E-state index contributed by atoms with van der Waals surface area (Å²) in [6.45, 7) is 2.32. The van der Waals surface area contributed by atoms with Gasteiger partial charge in [-0.25, -0.2) is 13.9 Å². The van der Waals surface area contributed by atoms with Gasteiger partial charge in [0.2, 0.25) is 0 Å². The van der Waals surface area contributed by atoms with Crippen molar-refractivity contribution in [1.29, 1.82) is 5.26 Å². The van der Waals surface area contributed by atoms with Crippen LogP contribution in [0.5, 0.6) is 0 Å². The van der Waals surface area contributed by atoms with Gasteiger partial charge in [0.1, 0.15) is 12.2 Å². The number of fused-ring (bicyclic) bond motifs is 1. The number of benzene rings is 1. The average Bonchev–Trinajstić information content (AvgIpc) is 3.58. The van der Waals surface area contributed by atoms with Crippen LogP contribution in [-0.2, 0) is 0 Å². The Morgan fingerprint density at radius 2 is 1.97 bits per heavy atom. The number of pyridine rings is 1. The fourth-order valence-corrected chi connectivity index (χ4v) is 4.58. The Bertz CT molecular complexity index is 1690. The molecule has 0 saturated heterocycles. The predicted octanol–water partition coefficient (Wildman–Crippen LogP) is 4.97. The van der Waals surface area contributed by atoms with E-state index in [1.165, 1.54) is 37.6 Å². The van der Waals surface area contributed by atoms with E-state index in [2.05, 4.69) is 31.8 Å². The van der Waals surface area contributed by atoms with Gasteiger partial charge >= 0.3 is 0 Å². The highest BCUT2D eigenvalue weighted by atomic mass is 32.1. The van der Waals surface area contributed by atoms with Crippen LogP contribution in [0, 0.1) is 11.3 Å². The Hall–Kier alpha value is -4.66. The fourth-order valence-electron chi connectivity index (χ4n) is 3.85. The van der Waals surface area contributed by atoms with Crippen molar-refractivity contribution in [3.05, 3.63) is 83.5 Å². The van der Waals surface area contributed by atoms with Gasteiger partial charge in [0, 0.05) is 17.1 Å². The largest absolute Gasteiger partial charge is 0.387 e. The van der Waals surface area contributed by atoms with Crippen LogP contribution in [0.1, 0.15) is 29.8 Å². The molecule has 0 radical (unpaired) electrons. The second kappa shape index (κ2) is 10.6. The number of hydrogen-bond acceptors (Lipinski definition) is 8. The minimum absolute atomic E-state index is 0.179. The van der Waals surface area contributed by atoms with Crippen LogP contribution < -0.4 is 10.6 Å². The number of anilines is 2. The highest BCUT2D eigenvalue weighted by Gasteiger charge is 2.27. The Morgan fingerprint density at radius 1 is 1.18 bits per heavy atom. The summed E-state index contributed by atoms with van der Waals surface area (Å²) in [5.41, 5.74) is 3.06. The van der Waals surface area contributed by atoms with Gasteiger partial charge < -0.3 is 15.7 Å². The predicted molar refractivity (Wildman–Crippen MR) is 147 cm³/mol. The van der Waals surface area contributed by atoms with Crippen molar-refractivity contribution in [3.63, 3.8) is 0 Å². The van der Waals surface area contributed by atoms with Crippen LogP contribution in [0.15, 0.2) is 72.4 Å². The minimum Gasteiger partial charge on any atom is -0.387 e. The summed E-state index contributed by atoms with van der Waals surface area (Å²) < 4.78 is 16.0. The second-order valence-corrected chi connectivity index (χ2v) is 10.2. The summed E-state index contributed by atoms with van der Waals surface area (Å²) >= 11 is 1.38. The van der Waals surface area contributed by atoms with Crippen LogP contribution in [0.4, 0.5) is 15.2 Å². The normalized spacial score (nSPS) is 12.2. The lowest BCUT2D eigenvalue weighted by Gasteiger charge is -2.22. The van der Waals surface area contributed by atoms with Crippen molar-refractivity contribution in [1.82, 2.24) is 24.9 Å². The Morgan fingerprint density at radius 3 is 2.72 bits per heavy atom. The molecule has 0 spiro atoms. The standard InChI is InChI=1S/C28H24FN7O2S/c1-28(2,38)25(29)15-32-26(37)20-14-31-22(24-9-8-19-10-17(12-30)13-33-36(19)24)11-21(20)34-27-35-23(16-39-27)18-6-4-3-5-7-18/h3-11,13-14,16,25,38H,15H2,1-2H3,(H,32,37)(H,31,34,35)/t25-/m1/s1. The van der Waals surface area contributed by atoms with Gasteiger partial charge in [0.15, 0.2) is 5.13 Å². The van der Waals surface area contributed by atoms with Crippen LogP contribution >= 0.6 is 11.3 Å². The summed E-state index contributed by atoms with van der Waals surface area (Å²) in [5, 5.41) is 31.6. The molecule has 0 saturated carbocycles. The molecule has 11 heteroatoms. The van der Waals surface area contributed by atoms with Crippen molar-refractivity contribution < 1.29 is 14.3 Å². The number of nitrogens with one attached hydrogen (secondary N) is 2. The van der Waals surface area contributed by atoms with E-state index in [4.69, 9.17) is 0 Å². The lowest BCUT2D eigenvalue weighted by Crippen LogP contribution is -2.42. The van der Waals surface area contributed by atoms with Crippen molar-refractivity contribution in [3.8, 4) is 28.7 Å².